The Labute approximate surface area is 155 Å². The number of benzene rings is 3. The van der Waals surface area contributed by atoms with E-state index in [1.165, 1.54) is 18.2 Å². The molecule has 1 unspecified atom stereocenters. The molecule has 0 saturated carbocycles. The topological polar surface area (TPSA) is 52.3 Å². The number of rotatable bonds is 3. The standard InChI is InChI=1S/C21H15ClFNO2/c22-15-9-10-17-14(11-18(26-17)12-5-2-1-3-6-12)19(15)20-13(21(24)25)7-4-8-16(20)23/h1-10,18H,11H2,(H2,24,25). The van der Waals surface area contributed by atoms with E-state index in [0.29, 0.717) is 22.8 Å². The third kappa shape index (κ3) is 2.72. The van der Waals surface area contributed by atoms with Crippen LogP contribution >= 0.6 is 11.6 Å². The molecule has 3 nitrogen and oxygen atoms in total. The summed E-state index contributed by atoms with van der Waals surface area (Å²) in [6.07, 6.45) is 0.342. The van der Waals surface area contributed by atoms with Gasteiger partial charge in [0.25, 0.3) is 0 Å². The number of carbonyl (C=O) groups excluding carboxylic acids is 1. The van der Waals surface area contributed by atoms with Crippen molar-refractivity contribution in [2.24, 2.45) is 5.73 Å². The minimum absolute atomic E-state index is 0.100. The molecule has 1 aliphatic rings. The summed E-state index contributed by atoms with van der Waals surface area (Å²) in [6, 6.07) is 17.5. The van der Waals surface area contributed by atoms with Gasteiger partial charge in [-0.25, -0.2) is 4.39 Å². The lowest BCUT2D eigenvalue weighted by molar-refractivity contribution is 0.100. The first-order valence-corrected chi connectivity index (χ1v) is 8.55. The Balaban J connectivity index is 1.88. The quantitative estimate of drug-likeness (QED) is 0.714. The molecule has 0 fully saturated rings. The first kappa shape index (κ1) is 16.6. The third-order valence-electron chi connectivity index (χ3n) is 4.58. The minimum Gasteiger partial charge on any atom is -0.485 e. The van der Waals surface area contributed by atoms with E-state index in [9.17, 15) is 9.18 Å². The average molecular weight is 368 g/mol. The Bertz CT molecular complexity index is 1000. The van der Waals surface area contributed by atoms with Crippen LogP contribution in [0.5, 0.6) is 5.75 Å². The molecule has 0 spiro atoms. The number of halogens is 2. The van der Waals surface area contributed by atoms with Crippen LogP contribution in [0.1, 0.15) is 27.6 Å². The van der Waals surface area contributed by atoms with Crippen LogP contribution in [-0.4, -0.2) is 5.91 Å². The molecule has 1 aliphatic heterocycles. The zero-order valence-electron chi connectivity index (χ0n) is 13.7. The van der Waals surface area contributed by atoms with Gasteiger partial charge in [0.1, 0.15) is 17.7 Å². The Hall–Kier alpha value is -2.85. The first-order chi connectivity index (χ1) is 12.6. The number of nitrogens with two attached hydrogens (primary N) is 1. The van der Waals surface area contributed by atoms with Crippen molar-refractivity contribution in [3.05, 3.63) is 88.2 Å². The monoisotopic (exact) mass is 367 g/mol. The molecule has 4 rings (SSSR count). The van der Waals surface area contributed by atoms with Crippen molar-refractivity contribution in [3.8, 4) is 16.9 Å². The number of ether oxygens (including phenoxy) is 1. The maximum absolute atomic E-state index is 14.7. The van der Waals surface area contributed by atoms with Gasteiger partial charge in [0.2, 0.25) is 5.91 Å². The number of amides is 1. The van der Waals surface area contributed by atoms with Crippen LogP contribution in [0, 0.1) is 5.82 Å². The third-order valence-corrected chi connectivity index (χ3v) is 4.89. The van der Waals surface area contributed by atoms with Crippen LogP contribution in [-0.2, 0) is 6.42 Å². The van der Waals surface area contributed by atoms with Gasteiger partial charge in [0.05, 0.1) is 0 Å². The van der Waals surface area contributed by atoms with E-state index >= 15 is 0 Å². The highest BCUT2D eigenvalue weighted by Gasteiger charge is 2.30. The van der Waals surface area contributed by atoms with Crippen LogP contribution in [0.4, 0.5) is 4.39 Å². The largest absolute Gasteiger partial charge is 0.485 e. The Morgan fingerprint density at radius 1 is 1.04 bits per heavy atom. The Kier molecular flexibility index (Phi) is 4.13. The van der Waals surface area contributed by atoms with Gasteiger partial charge in [0, 0.05) is 33.7 Å². The lowest BCUT2D eigenvalue weighted by Crippen LogP contribution is -2.13. The molecule has 2 N–H and O–H groups in total. The molecule has 3 aromatic carbocycles. The van der Waals surface area contributed by atoms with Gasteiger partial charge in [-0.3, -0.25) is 4.79 Å². The molecular formula is C21H15ClFNO2. The average Bonchev–Trinajstić information content (AvgIpc) is 3.07. The molecule has 5 heteroatoms. The lowest BCUT2D eigenvalue weighted by Gasteiger charge is -2.13. The summed E-state index contributed by atoms with van der Waals surface area (Å²) < 4.78 is 20.7. The summed E-state index contributed by atoms with van der Waals surface area (Å²) in [5.74, 6) is -0.608. The second kappa shape index (κ2) is 6.46. The second-order valence-corrected chi connectivity index (χ2v) is 6.55. The van der Waals surface area contributed by atoms with E-state index in [1.807, 2.05) is 30.3 Å². The van der Waals surface area contributed by atoms with Crippen molar-refractivity contribution < 1.29 is 13.9 Å². The molecule has 0 saturated heterocycles. The summed E-state index contributed by atoms with van der Waals surface area (Å²) in [5, 5.41) is 0.355. The maximum atomic E-state index is 14.7. The van der Waals surface area contributed by atoms with Gasteiger partial charge in [-0.2, -0.15) is 0 Å². The van der Waals surface area contributed by atoms with Crippen LogP contribution in [0.2, 0.25) is 5.02 Å². The summed E-state index contributed by atoms with van der Waals surface area (Å²) in [6.45, 7) is 0. The molecule has 1 heterocycles. The smallest absolute Gasteiger partial charge is 0.249 e. The molecular weight excluding hydrogens is 353 g/mol. The van der Waals surface area contributed by atoms with Crippen LogP contribution in [0.25, 0.3) is 11.1 Å². The van der Waals surface area contributed by atoms with Crippen molar-refractivity contribution in [2.45, 2.75) is 12.5 Å². The summed E-state index contributed by atoms with van der Waals surface area (Å²) in [4.78, 5) is 11.8. The Morgan fingerprint density at radius 3 is 2.54 bits per heavy atom. The highest BCUT2D eigenvalue weighted by Crippen LogP contribution is 2.46. The zero-order valence-corrected chi connectivity index (χ0v) is 14.5. The fraction of sp³-hybridized carbons (Fsp3) is 0.0952. The number of hydrogen-bond donors (Lipinski definition) is 1. The highest BCUT2D eigenvalue weighted by molar-refractivity contribution is 6.34. The highest BCUT2D eigenvalue weighted by atomic mass is 35.5. The molecule has 130 valence electrons. The molecule has 0 bridgehead atoms. The van der Waals surface area contributed by atoms with Crippen LogP contribution in [0.3, 0.4) is 0 Å². The first-order valence-electron chi connectivity index (χ1n) is 8.18. The van der Waals surface area contributed by atoms with E-state index in [4.69, 9.17) is 22.1 Å². The van der Waals surface area contributed by atoms with Gasteiger partial charge in [-0.05, 0) is 29.8 Å². The van der Waals surface area contributed by atoms with Gasteiger partial charge in [-0.1, -0.05) is 48.0 Å². The number of fused-ring (bicyclic) bond motifs is 1. The fourth-order valence-electron chi connectivity index (χ4n) is 3.40. The van der Waals surface area contributed by atoms with E-state index in [1.54, 1.807) is 12.1 Å². The lowest BCUT2D eigenvalue weighted by atomic mass is 9.91. The summed E-state index contributed by atoms with van der Waals surface area (Å²) in [5.41, 5.74) is 7.95. The molecule has 1 atom stereocenters. The van der Waals surface area contributed by atoms with Crippen molar-refractivity contribution in [1.82, 2.24) is 0 Å². The van der Waals surface area contributed by atoms with Crippen LogP contribution in [0.15, 0.2) is 60.7 Å². The maximum Gasteiger partial charge on any atom is 0.249 e. The number of hydrogen-bond acceptors (Lipinski definition) is 2. The fourth-order valence-corrected chi connectivity index (χ4v) is 3.67. The predicted molar refractivity (Wildman–Crippen MR) is 98.9 cm³/mol. The van der Waals surface area contributed by atoms with Crippen molar-refractivity contribution in [3.63, 3.8) is 0 Å². The van der Waals surface area contributed by atoms with Crippen LogP contribution < -0.4 is 10.5 Å². The number of primary amides is 1. The van der Waals surface area contributed by atoms with Crippen molar-refractivity contribution >= 4 is 17.5 Å². The van der Waals surface area contributed by atoms with Crippen molar-refractivity contribution in [2.75, 3.05) is 0 Å². The second-order valence-electron chi connectivity index (χ2n) is 6.15. The van der Waals surface area contributed by atoms with E-state index < -0.39 is 11.7 Å². The molecule has 0 aromatic heterocycles. The Morgan fingerprint density at radius 2 is 1.81 bits per heavy atom. The molecule has 0 aliphatic carbocycles. The zero-order chi connectivity index (χ0) is 18.3. The van der Waals surface area contributed by atoms with Crippen molar-refractivity contribution in [1.29, 1.82) is 0 Å². The van der Waals surface area contributed by atoms with E-state index in [-0.39, 0.29) is 17.2 Å². The molecule has 26 heavy (non-hydrogen) atoms. The normalized spacial score (nSPS) is 15.4. The summed E-state index contributed by atoms with van der Waals surface area (Å²) in [7, 11) is 0. The van der Waals surface area contributed by atoms with E-state index in [0.717, 1.165) is 11.1 Å². The predicted octanol–water partition coefficient (Wildman–Crippen LogP) is 4.92. The minimum atomic E-state index is -0.702. The van der Waals surface area contributed by atoms with Gasteiger partial charge in [0.15, 0.2) is 0 Å². The van der Waals surface area contributed by atoms with Gasteiger partial charge < -0.3 is 10.5 Å². The number of carbonyl (C=O) groups is 1. The SMILES string of the molecule is NC(=O)c1cccc(F)c1-c1c(Cl)ccc2c1CC(c1ccccc1)O2. The van der Waals surface area contributed by atoms with Gasteiger partial charge in [-0.15, -0.1) is 0 Å². The molecule has 1 amide bonds. The molecule has 3 aromatic rings. The summed E-state index contributed by atoms with van der Waals surface area (Å²) >= 11 is 6.41. The van der Waals surface area contributed by atoms with E-state index in [2.05, 4.69) is 0 Å². The van der Waals surface area contributed by atoms with Gasteiger partial charge >= 0.3 is 0 Å². The molecule has 0 radical (unpaired) electrons.